The second-order valence-electron chi connectivity index (χ2n) is 10.0. The van der Waals surface area contributed by atoms with E-state index in [1.165, 1.54) is 12.8 Å². The van der Waals surface area contributed by atoms with Crippen molar-refractivity contribution >= 4 is 17.5 Å². The third-order valence-electron chi connectivity index (χ3n) is 6.80. The highest BCUT2D eigenvalue weighted by atomic mass is 16.5. The summed E-state index contributed by atoms with van der Waals surface area (Å²) in [4.78, 5) is 34.8. The molecule has 1 fully saturated rings. The Morgan fingerprint density at radius 2 is 1.74 bits per heavy atom. The van der Waals surface area contributed by atoms with Crippen molar-refractivity contribution < 1.29 is 14.1 Å². The van der Waals surface area contributed by atoms with Crippen molar-refractivity contribution in [1.82, 2.24) is 15.0 Å². The molecule has 4 rings (SSSR count). The standard InChI is InChI=1S/C27H38N4O3/c1-20(2)26-28-24(34-29-26)15-16-25(32)30-17-9-5-3-4-6-10-18-31(27(33)21-13-14-21)23-12-8-7-11-22(23)19-30/h7-8,11-12,20-21H,3-6,9-10,13-19H2,1-2H3. The molecule has 2 heterocycles. The minimum absolute atomic E-state index is 0.0917. The van der Waals surface area contributed by atoms with Gasteiger partial charge >= 0.3 is 0 Å². The van der Waals surface area contributed by atoms with Gasteiger partial charge in [-0.25, -0.2) is 0 Å². The van der Waals surface area contributed by atoms with Crippen LogP contribution in [0.4, 0.5) is 5.69 Å². The van der Waals surface area contributed by atoms with Crippen LogP contribution in [-0.4, -0.2) is 39.9 Å². The zero-order chi connectivity index (χ0) is 23.9. The number of aryl methyl sites for hydroxylation is 1. The van der Waals surface area contributed by atoms with E-state index < -0.39 is 0 Å². The van der Waals surface area contributed by atoms with Crippen molar-refractivity contribution in [2.75, 3.05) is 18.0 Å². The van der Waals surface area contributed by atoms with Gasteiger partial charge in [-0.3, -0.25) is 9.59 Å². The summed E-state index contributed by atoms with van der Waals surface area (Å²) in [5.41, 5.74) is 2.01. The molecule has 0 bridgehead atoms. The molecule has 184 valence electrons. The van der Waals surface area contributed by atoms with E-state index in [-0.39, 0.29) is 23.7 Å². The van der Waals surface area contributed by atoms with Gasteiger partial charge in [0.05, 0.1) is 0 Å². The molecule has 1 aromatic heterocycles. The number of rotatable bonds is 5. The van der Waals surface area contributed by atoms with Gasteiger partial charge in [0.1, 0.15) is 0 Å². The lowest BCUT2D eigenvalue weighted by atomic mass is 10.1. The first-order valence-corrected chi connectivity index (χ1v) is 13.0. The molecule has 2 amide bonds. The highest BCUT2D eigenvalue weighted by Crippen LogP contribution is 2.34. The fourth-order valence-corrected chi connectivity index (χ4v) is 4.56. The molecule has 1 saturated carbocycles. The molecule has 0 unspecified atom stereocenters. The zero-order valence-corrected chi connectivity index (χ0v) is 20.7. The fourth-order valence-electron chi connectivity index (χ4n) is 4.56. The number of anilines is 1. The summed E-state index contributed by atoms with van der Waals surface area (Å²) in [6.07, 6.45) is 9.41. The molecule has 7 nitrogen and oxygen atoms in total. The van der Waals surface area contributed by atoms with Crippen LogP contribution in [0.25, 0.3) is 0 Å². The third kappa shape index (κ3) is 6.45. The molecule has 0 atom stereocenters. The lowest BCUT2D eigenvalue weighted by molar-refractivity contribution is -0.132. The number of benzene rings is 1. The molecule has 0 radical (unpaired) electrons. The SMILES string of the molecule is CC(C)c1noc(CCC(=O)N2CCCCCCCCN(C(=O)C3CC3)c3ccccc3C2)n1. The number of nitrogens with zero attached hydrogens (tertiary/aromatic N) is 4. The maximum Gasteiger partial charge on any atom is 0.230 e. The average molecular weight is 467 g/mol. The molecule has 0 saturated heterocycles. The molecule has 2 aliphatic rings. The van der Waals surface area contributed by atoms with E-state index in [9.17, 15) is 9.59 Å². The summed E-state index contributed by atoms with van der Waals surface area (Å²) in [7, 11) is 0. The summed E-state index contributed by atoms with van der Waals surface area (Å²) >= 11 is 0. The topological polar surface area (TPSA) is 79.5 Å². The molecule has 0 N–H and O–H groups in total. The Hall–Kier alpha value is -2.70. The number of carbonyl (C=O) groups is 2. The van der Waals surface area contributed by atoms with Gasteiger partial charge in [0.15, 0.2) is 5.82 Å². The van der Waals surface area contributed by atoms with Gasteiger partial charge < -0.3 is 14.3 Å². The average Bonchev–Trinajstić information content (AvgIpc) is 3.57. The zero-order valence-electron chi connectivity index (χ0n) is 20.7. The van der Waals surface area contributed by atoms with Crippen LogP contribution in [0.5, 0.6) is 0 Å². The summed E-state index contributed by atoms with van der Waals surface area (Å²) in [5, 5.41) is 4.01. The molecule has 7 heteroatoms. The van der Waals surface area contributed by atoms with E-state index in [4.69, 9.17) is 4.52 Å². The summed E-state index contributed by atoms with van der Waals surface area (Å²) < 4.78 is 5.34. The van der Waals surface area contributed by atoms with Crippen LogP contribution in [0.3, 0.4) is 0 Å². The van der Waals surface area contributed by atoms with E-state index in [1.54, 1.807) is 0 Å². The number of hydrogen-bond donors (Lipinski definition) is 0. The first-order valence-electron chi connectivity index (χ1n) is 13.0. The number of fused-ring (bicyclic) bond motifs is 1. The number of aromatic nitrogens is 2. The van der Waals surface area contributed by atoms with E-state index in [0.29, 0.717) is 31.1 Å². The van der Waals surface area contributed by atoms with Crippen LogP contribution >= 0.6 is 0 Å². The predicted octanol–water partition coefficient (Wildman–Crippen LogP) is 5.25. The van der Waals surface area contributed by atoms with E-state index in [0.717, 1.165) is 62.9 Å². The van der Waals surface area contributed by atoms with Crippen molar-refractivity contribution in [3.63, 3.8) is 0 Å². The smallest absolute Gasteiger partial charge is 0.230 e. The van der Waals surface area contributed by atoms with E-state index >= 15 is 0 Å². The van der Waals surface area contributed by atoms with E-state index in [2.05, 4.69) is 16.2 Å². The maximum absolute atomic E-state index is 13.3. The summed E-state index contributed by atoms with van der Waals surface area (Å²) in [6.45, 7) is 6.05. The Labute approximate surface area is 202 Å². The Balaban J connectivity index is 1.51. The Morgan fingerprint density at radius 3 is 2.44 bits per heavy atom. The minimum Gasteiger partial charge on any atom is -0.339 e. The molecule has 2 aromatic rings. The van der Waals surface area contributed by atoms with Gasteiger partial charge in [-0.2, -0.15) is 4.98 Å². The van der Waals surface area contributed by atoms with Crippen LogP contribution in [0.1, 0.15) is 94.8 Å². The van der Waals surface area contributed by atoms with Gasteiger partial charge in [0, 0.05) is 50.0 Å². The number of para-hydroxylation sites is 1. The summed E-state index contributed by atoms with van der Waals surface area (Å²) in [6, 6.07) is 8.11. The van der Waals surface area contributed by atoms with Gasteiger partial charge in [-0.1, -0.05) is 62.9 Å². The first kappa shape index (κ1) is 24.4. The molecule has 0 spiro atoms. The van der Waals surface area contributed by atoms with Gasteiger partial charge in [-0.05, 0) is 37.3 Å². The van der Waals surface area contributed by atoms with Crippen molar-refractivity contribution in [2.45, 2.75) is 90.5 Å². The predicted molar refractivity (Wildman–Crippen MR) is 131 cm³/mol. The number of amides is 2. The lowest BCUT2D eigenvalue weighted by Gasteiger charge is -2.28. The Morgan fingerprint density at radius 1 is 1.03 bits per heavy atom. The van der Waals surface area contributed by atoms with Crippen molar-refractivity contribution in [3.8, 4) is 0 Å². The van der Waals surface area contributed by atoms with Crippen LogP contribution in [0, 0.1) is 5.92 Å². The van der Waals surface area contributed by atoms with Crippen LogP contribution in [-0.2, 0) is 22.6 Å². The minimum atomic E-state index is 0.0917. The molecular formula is C27H38N4O3. The number of hydrogen-bond acceptors (Lipinski definition) is 5. The Kier molecular flexibility index (Phi) is 8.35. The monoisotopic (exact) mass is 466 g/mol. The van der Waals surface area contributed by atoms with Crippen molar-refractivity contribution in [1.29, 1.82) is 0 Å². The van der Waals surface area contributed by atoms with Crippen LogP contribution < -0.4 is 4.90 Å². The Bertz CT molecular complexity index is 966. The van der Waals surface area contributed by atoms with E-state index in [1.807, 2.05) is 41.8 Å². The fraction of sp³-hybridized carbons (Fsp3) is 0.630. The quantitative estimate of drug-likeness (QED) is 0.601. The maximum atomic E-state index is 13.3. The first-order chi connectivity index (χ1) is 16.5. The normalized spacial score (nSPS) is 18.1. The molecular weight excluding hydrogens is 428 g/mol. The third-order valence-corrected chi connectivity index (χ3v) is 6.80. The molecule has 1 aliphatic carbocycles. The van der Waals surface area contributed by atoms with Crippen LogP contribution in [0.15, 0.2) is 28.8 Å². The van der Waals surface area contributed by atoms with Crippen molar-refractivity contribution in [2.24, 2.45) is 5.92 Å². The van der Waals surface area contributed by atoms with Gasteiger partial charge in [0.25, 0.3) is 0 Å². The van der Waals surface area contributed by atoms with Crippen molar-refractivity contribution in [3.05, 3.63) is 41.5 Å². The van der Waals surface area contributed by atoms with Gasteiger partial charge in [-0.15, -0.1) is 0 Å². The summed E-state index contributed by atoms with van der Waals surface area (Å²) in [5.74, 6) is 1.91. The largest absolute Gasteiger partial charge is 0.339 e. The van der Waals surface area contributed by atoms with Crippen LogP contribution in [0.2, 0.25) is 0 Å². The molecule has 1 aliphatic heterocycles. The second-order valence-corrected chi connectivity index (χ2v) is 10.0. The second kappa shape index (κ2) is 11.6. The number of carbonyl (C=O) groups excluding carboxylic acids is 2. The highest BCUT2D eigenvalue weighted by molar-refractivity contribution is 5.97. The molecule has 1 aromatic carbocycles. The van der Waals surface area contributed by atoms with Gasteiger partial charge in [0.2, 0.25) is 17.7 Å². The lowest BCUT2D eigenvalue weighted by Crippen LogP contribution is -2.36. The highest BCUT2D eigenvalue weighted by Gasteiger charge is 2.34. The molecule has 34 heavy (non-hydrogen) atoms.